The number of H-pyrrole nitrogens is 1. The lowest BCUT2D eigenvalue weighted by molar-refractivity contribution is -0.141. The second-order valence-corrected chi connectivity index (χ2v) is 6.46. The molecule has 0 aliphatic rings. The summed E-state index contributed by atoms with van der Waals surface area (Å²) >= 11 is 6.02. The van der Waals surface area contributed by atoms with E-state index in [9.17, 15) is 26.3 Å². The lowest BCUT2D eigenvalue weighted by Gasteiger charge is -2.16. The van der Waals surface area contributed by atoms with Crippen LogP contribution >= 0.6 is 11.6 Å². The lowest BCUT2D eigenvalue weighted by atomic mass is 9.95. The Balaban J connectivity index is 2.09. The van der Waals surface area contributed by atoms with Crippen LogP contribution in [0.4, 0.5) is 26.3 Å². The molecule has 0 saturated carbocycles. The standard InChI is InChI=1S/C18H9ClF6N4/c19-13-5-9(4-11(7-13)16-15(8-26)27-29-28-16)3-10-6-12(17(20,21)22)1-2-14(10)18(23,24)25/h1-2,4-7H,3H2,(H,27,28,29). The van der Waals surface area contributed by atoms with Crippen LogP contribution < -0.4 is 0 Å². The molecule has 0 saturated heterocycles. The van der Waals surface area contributed by atoms with Crippen molar-refractivity contribution in [2.75, 3.05) is 0 Å². The fraction of sp³-hybridized carbons (Fsp3) is 0.167. The third-order valence-corrected chi connectivity index (χ3v) is 4.24. The van der Waals surface area contributed by atoms with Crippen LogP contribution in [0.5, 0.6) is 0 Å². The molecule has 0 fully saturated rings. The molecule has 4 nitrogen and oxygen atoms in total. The van der Waals surface area contributed by atoms with Crippen molar-refractivity contribution in [3.63, 3.8) is 0 Å². The van der Waals surface area contributed by atoms with Crippen molar-refractivity contribution < 1.29 is 26.3 Å². The molecule has 0 unspecified atom stereocenters. The van der Waals surface area contributed by atoms with Gasteiger partial charge >= 0.3 is 12.4 Å². The minimum atomic E-state index is -4.83. The van der Waals surface area contributed by atoms with Crippen LogP contribution in [0, 0.1) is 11.3 Å². The Kier molecular flexibility index (Phi) is 5.28. The molecule has 150 valence electrons. The van der Waals surface area contributed by atoms with Gasteiger partial charge in [-0.3, -0.25) is 0 Å². The van der Waals surface area contributed by atoms with Crippen molar-refractivity contribution in [2.45, 2.75) is 18.8 Å². The number of alkyl halides is 6. The number of nitriles is 1. The Morgan fingerprint density at radius 1 is 0.966 bits per heavy atom. The summed E-state index contributed by atoms with van der Waals surface area (Å²) in [6, 6.07) is 7.21. The third kappa shape index (κ3) is 4.51. The summed E-state index contributed by atoms with van der Waals surface area (Å²) in [5.74, 6) is 0. The second kappa shape index (κ2) is 7.40. The molecule has 3 aromatic rings. The highest BCUT2D eigenvalue weighted by atomic mass is 35.5. The van der Waals surface area contributed by atoms with Crippen molar-refractivity contribution in [1.29, 1.82) is 5.26 Å². The topological polar surface area (TPSA) is 65.4 Å². The molecule has 0 radical (unpaired) electrons. The number of rotatable bonds is 3. The van der Waals surface area contributed by atoms with Gasteiger partial charge in [0.05, 0.1) is 11.1 Å². The summed E-state index contributed by atoms with van der Waals surface area (Å²) in [5.41, 5.74) is -2.36. The SMILES string of the molecule is N#Cc1n[nH]nc1-c1cc(Cl)cc(Cc2cc(C(F)(F)F)ccc2C(F)(F)F)c1. The summed E-state index contributed by atoms with van der Waals surface area (Å²) in [6.45, 7) is 0. The van der Waals surface area contributed by atoms with Gasteiger partial charge in [-0.25, -0.2) is 0 Å². The van der Waals surface area contributed by atoms with E-state index in [1.807, 2.05) is 0 Å². The molecule has 1 aromatic heterocycles. The minimum absolute atomic E-state index is 0.0618. The van der Waals surface area contributed by atoms with Gasteiger partial charge in [-0.05, 0) is 53.9 Å². The Labute approximate surface area is 164 Å². The van der Waals surface area contributed by atoms with Crippen LogP contribution in [0.1, 0.15) is 27.9 Å². The third-order valence-electron chi connectivity index (χ3n) is 4.02. The largest absolute Gasteiger partial charge is 0.416 e. The maximum Gasteiger partial charge on any atom is 0.416 e. The predicted molar refractivity (Wildman–Crippen MR) is 90.8 cm³/mol. The molecule has 0 aliphatic heterocycles. The molecule has 0 spiro atoms. The molecule has 3 rings (SSSR count). The van der Waals surface area contributed by atoms with Gasteiger partial charge < -0.3 is 0 Å². The van der Waals surface area contributed by atoms with E-state index in [0.29, 0.717) is 23.8 Å². The number of benzene rings is 2. The van der Waals surface area contributed by atoms with Gasteiger partial charge in [0.25, 0.3) is 0 Å². The number of nitrogens with one attached hydrogen (secondary N) is 1. The first kappa shape index (κ1) is 20.7. The first-order valence-electron chi connectivity index (χ1n) is 7.87. The van der Waals surface area contributed by atoms with E-state index in [0.717, 1.165) is 0 Å². The van der Waals surface area contributed by atoms with Crippen LogP contribution in [-0.4, -0.2) is 15.4 Å². The molecule has 0 bridgehead atoms. The normalized spacial score (nSPS) is 12.1. The quantitative estimate of drug-likeness (QED) is 0.548. The van der Waals surface area contributed by atoms with Crippen LogP contribution in [0.3, 0.4) is 0 Å². The van der Waals surface area contributed by atoms with Crippen molar-refractivity contribution in [2.24, 2.45) is 0 Å². The zero-order valence-corrected chi connectivity index (χ0v) is 14.9. The van der Waals surface area contributed by atoms with Gasteiger partial charge in [-0.2, -0.15) is 41.9 Å². The number of hydrogen-bond acceptors (Lipinski definition) is 3. The highest BCUT2D eigenvalue weighted by Gasteiger charge is 2.36. The molecule has 29 heavy (non-hydrogen) atoms. The second-order valence-electron chi connectivity index (χ2n) is 6.02. The highest BCUT2D eigenvalue weighted by molar-refractivity contribution is 6.31. The van der Waals surface area contributed by atoms with E-state index < -0.39 is 35.5 Å². The van der Waals surface area contributed by atoms with E-state index in [-0.39, 0.29) is 22.0 Å². The molecular weight excluding hydrogens is 422 g/mol. The molecule has 1 heterocycles. The number of nitrogens with zero attached hydrogens (tertiary/aromatic N) is 3. The van der Waals surface area contributed by atoms with E-state index in [4.69, 9.17) is 16.9 Å². The number of halogens is 7. The highest BCUT2D eigenvalue weighted by Crippen LogP contribution is 2.38. The smallest absolute Gasteiger partial charge is 0.196 e. The van der Waals surface area contributed by atoms with E-state index in [2.05, 4.69) is 15.4 Å². The first-order valence-corrected chi connectivity index (χ1v) is 8.25. The number of aromatic nitrogens is 3. The summed E-state index contributed by atoms with van der Waals surface area (Å²) in [5, 5.41) is 18.8. The Morgan fingerprint density at radius 3 is 2.31 bits per heavy atom. The van der Waals surface area contributed by atoms with Gasteiger partial charge in [0.2, 0.25) is 0 Å². The molecule has 1 N–H and O–H groups in total. The van der Waals surface area contributed by atoms with Crippen LogP contribution in [0.2, 0.25) is 5.02 Å². The van der Waals surface area contributed by atoms with Crippen LogP contribution in [0.15, 0.2) is 36.4 Å². The average Bonchev–Trinajstić information content (AvgIpc) is 3.08. The van der Waals surface area contributed by atoms with Crippen molar-refractivity contribution in [3.8, 4) is 17.3 Å². The fourth-order valence-electron chi connectivity index (χ4n) is 2.81. The summed E-state index contributed by atoms with van der Waals surface area (Å²) in [6.07, 6.45) is -10.1. The van der Waals surface area contributed by atoms with Gasteiger partial charge in [0.1, 0.15) is 11.8 Å². The predicted octanol–water partition coefficient (Wildman–Crippen LogP) is 5.63. The van der Waals surface area contributed by atoms with Crippen molar-refractivity contribution >= 4 is 11.6 Å². The molecule has 2 aromatic carbocycles. The van der Waals surface area contributed by atoms with Gasteiger partial charge in [0, 0.05) is 10.6 Å². The lowest BCUT2D eigenvalue weighted by Crippen LogP contribution is -2.13. The van der Waals surface area contributed by atoms with E-state index in [1.165, 1.54) is 18.2 Å². The molecule has 11 heteroatoms. The zero-order valence-electron chi connectivity index (χ0n) is 14.2. The van der Waals surface area contributed by atoms with E-state index in [1.54, 1.807) is 6.07 Å². The van der Waals surface area contributed by atoms with Crippen LogP contribution in [0.25, 0.3) is 11.3 Å². The maximum atomic E-state index is 13.3. The van der Waals surface area contributed by atoms with Gasteiger partial charge in [-0.1, -0.05) is 11.6 Å². The van der Waals surface area contributed by atoms with E-state index >= 15 is 0 Å². The monoisotopic (exact) mass is 430 g/mol. The number of hydrogen-bond donors (Lipinski definition) is 1. The minimum Gasteiger partial charge on any atom is -0.196 e. The van der Waals surface area contributed by atoms with Gasteiger partial charge in [-0.15, -0.1) is 5.10 Å². The summed E-state index contributed by atoms with van der Waals surface area (Å²) in [4.78, 5) is 0. The summed E-state index contributed by atoms with van der Waals surface area (Å²) < 4.78 is 78.8. The maximum absolute atomic E-state index is 13.3. The molecule has 0 amide bonds. The fourth-order valence-corrected chi connectivity index (χ4v) is 3.07. The van der Waals surface area contributed by atoms with Crippen molar-refractivity contribution in [3.05, 3.63) is 69.4 Å². The first-order chi connectivity index (χ1) is 13.5. The number of aromatic amines is 1. The molecule has 0 aliphatic carbocycles. The zero-order chi connectivity index (χ0) is 21.4. The Hall–Kier alpha value is -3.06. The van der Waals surface area contributed by atoms with Crippen LogP contribution in [-0.2, 0) is 18.8 Å². The Morgan fingerprint density at radius 2 is 1.69 bits per heavy atom. The molecule has 0 atom stereocenters. The average molecular weight is 431 g/mol. The summed E-state index contributed by atoms with van der Waals surface area (Å²) in [7, 11) is 0. The van der Waals surface area contributed by atoms with Gasteiger partial charge in [0.15, 0.2) is 5.69 Å². The molecular formula is C18H9ClF6N4. The Bertz CT molecular complexity index is 1090. The van der Waals surface area contributed by atoms with Crippen molar-refractivity contribution in [1.82, 2.24) is 15.4 Å².